The lowest BCUT2D eigenvalue weighted by molar-refractivity contribution is 0.0979. The molecule has 0 bridgehead atoms. The van der Waals surface area contributed by atoms with E-state index in [2.05, 4.69) is 10.3 Å². The molecule has 174 valence electrons. The predicted molar refractivity (Wildman–Crippen MR) is 136 cm³/mol. The zero-order chi connectivity index (χ0) is 24.5. The van der Waals surface area contributed by atoms with Crippen molar-refractivity contribution >= 4 is 45.7 Å². The highest BCUT2D eigenvalue weighted by Gasteiger charge is 2.31. The summed E-state index contributed by atoms with van der Waals surface area (Å²) in [6, 6.07) is 24.3. The van der Waals surface area contributed by atoms with E-state index in [1.807, 2.05) is 25.1 Å². The molecular formula is C27H20ClN3O3S. The highest BCUT2D eigenvalue weighted by molar-refractivity contribution is 7.85. The standard InChI is InChI=1S/C27H20ClN3O3S/c1-17-6-4-11-25(29-17)30-26(32)19-12-13-24-22(15-19)31(16-18-7-5-8-20(28)14-18)27(33)21-9-2-3-10-23(21)35(24)34/h2-15H,16H2,1H3,(H,29,30,32). The molecule has 1 aliphatic heterocycles. The molecule has 1 N–H and O–H groups in total. The van der Waals surface area contributed by atoms with Crippen LogP contribution >= 0.6 is 11.6 Å². The van der Waals surface area contributed by atoms with Crippen LogP contribution in [0.1, 0.15) is 32.0 Å². The Morgan fingerprint density at radius 3 is 2.57 bits per heavy atom. The molecule has 0 spiro atoms. The van der Waals surface area contributed by atoms with Crippen molar-refractivity contribution in [3.63, 3.8) is 0 Å². The lowest BCUT2D eigenvalue weighted by Crippen LogP contribution is -2.30. The molecule has 0 saturated heterocycles. The first-order valence-corrected chi connectivity index (χ1v) is 12.4. The van der Waals surface area contributed by atoms with Gasteiger partial charge in [-0.25, -0.2) is 9.19 Å². The molecular weight excluding hydrogens is 482 g/mol. The number of carbonyl (C=O) groups is 2. The van der Waals surface area contributed by atoms with Crippen molar-refractivity contribution in [3.05, 3.63) is 112 Å². The molecule has 2 amide bonds. The van der Waals surface area contributed by atoms with Gasteiger partial charge < -0.3 is 10.2 Å². The third-order valence-electron chi connectivity index (χ3n) is 5.63. The van der Waals surface area contributed by atoms with Gasteiger partial charge in [-0.2, -0.15) is 0 Å². The van der Waals surface area contributed by atoms with Gasteiger partial charge in [-0.05, 0) is 67.1 Å². The number of hydrogen-bond acceptors (Lipinski definition) is 4. The molecule has 8 heteroatoms. The van der Waals surface area contributed by atoms with Gasteiger partial charge in [0, 0.05) is 16.3 Å². The van der Waals surface area contributed by atoms with Crippen LogP contribution in [0.2, 0.25) is 5.02 Å². The molecule has 1 aromatic heterocycles. The van der Waals surface area contributed by atoms with E-state index in [1.165, 1.54) is 0 Å². The Kier molecular flexibility index (Phi) is 6.19. The Bertz CT molecular complexity index is 1500. The van der Waals surface area contributed by atoms with E-state index < -0.39 is 10.8 Å². The van der Waals surface area contributed by atoms with E-state index in [-0.39, 0.29) is 18.4 Å². The average molecular weight is 502 g/mol. The fourth-order valence-electron chi connectivity index (χ4n) is 3.98. The second kappa shape index (κ2) is 9.44. The maximum atomic E-state index is 13.7. The molecule has 1 unspecified atom stereocenters. The molecule has 6 nitrogen and oxygen atoms in total. The van der Waals surface area contributed by atoms with Crippen molar-refractivity contribution in [2.45, 2.75) is 23.3 Å². The SMILES string of the molecule is Cc1cccc(NC(=O)c2ccc3c(c2)N(Cc2cccc(Cl)c2)C(=O)c2ccccc2S3=O)n1. The molecule has 5 rings (SSSR count). The van der Waals surface area contributed by atoms with Gasteiger partial charge in [-0.1, -0.05) is 41.9 Å². The van der Waals surface area contributed by atoms with Gasteiger partial charge in [0.25, 0.3) is 11.8 Å². The Morgan fingerprint density at radius 1 is 0.971 bits per heavy atom. The molecule has 2 heterocycles. The van der Waals surface area contributed by atoms with Crippen molar-refractivity contribution in [3.8, 4) is 0 Å². The van der Waals surface area contributed by atoms with Gasteiger partial charge in [-0.15, -0.1) is 0 Å². The second-order valence-electron chi connectivity index (χ2n) is 8.09. The maximum Gasteiger partial charge on any atom is 0.259 e. The summed E-state index contributed by atoms with van der Waals surface area (Å²) in [4.78, 5) is 33.5. The first kappa shape index (κ1) is 23.0. The van der Waals surface area contributed by atoms with Crippen LogP contribution in [0.3, 0.4) is 0 Å². The molecule has 0 radical (unpaired) electrons. The van der Waals surface area contributed by atoms with Gasteiger partial charge >= 0.3 is 0 Å². The van der Waals surface area contributed by atoms with Gasteiger partial charge in [0.1, 0.15) is 5.82 Å². The number of halogens is 1. The van der Waals surface area contributed by atoms with Crippen LogP contribution in [0.5, 0.6) is 0 Å². The minimum atomic E-state index is -1.61. The quantitative estimate of drug-likeness (QED) is 0.393. The second-order valence-corrected chi connectivity index (χ2v) is 9.94. The van der Waals surface area contributed by atoms with Crippen molar-refractivity contribution < 1.29 is 13.8 Å². The van der Waals surface area contributed by atoms with Gasteiger partial charge in [0.15, 0.2) is 0 Å². The summed E-state index contributed by atoms with van der Waals surface area (Å²) in [7, 11) is -1.61. The molecule has 0 saturated carbocycles. The number of amides is 2. The Morgan fingerprint density at radius 2 is 1.77 bits per heavy atom. The summed E-state index contributed by atoms with van der Waals surface area (Å²) in [6.07, 6.45) is 0. The highest BCUT2D eigenvalue weighted by Crippen LogP contribution is 2.36. The van der Waals surface area contributed by atoms with Crippen LogP contribution < -0.4 is 10.2 Å². The van der Waals surface area contributed by atoms with E-state index >= 15 is 0 Å². The first-order chi connectivity index (χ1) is 16.9. The minimum absolute atomic E-state index is 0.197. The van der Waals surface area contributed by atoms with Crippen molar-refractivity contribution in [2.24, 2.45) is 0 Å². The molecule has 1 atom stereocenters. The Labute approximate surface area is 210 Å². The smallest absolute Gasteiger partial charge is 0.259 e. The summed E-state index contributed by atoms with van der Waals surface area (Å²) < 4.78 is 13.5. The molecule has 3 aromatic carbocycles. The summed E-state index contributed by atoms with van der Waals surface area (Å²) >= 11 is 6.18. The summed E-state index contributed by atoms with van der Waals surface area (Å²) in [6.45, 7) is 2.03. The van der Waals surface area contributed by atoms with E-state index in [0.29, 0.717) is 37.4 Å². The molecule has 1 aliphatic rings. The predicted octanol–water partition coefficient (Wildman–Crippen LogP) is 5.62. The van der Waals surface area contributed by atoms with Crippen molar-refractivity contribution in [1.82, 2.24) is 4.98 Å². The zero-order valence-electron chi connectivity index (χ0n) is 18.7. The number of benzene rings is 3. The first-order valence-electron chi connectivity index (χ1n) is 10.9. The number of anilines is 2. The lowest BCUT2D eigenvalue weighted by Gasteiger charge is -2.23. The molecule has 0 aliphatic carbocycles. The highest BCUT2D eigenvalue weighted by atomic mass is 35.5. The lowest BCUT2D eigenvalue weighted by atomic mass is 10.1. The number of pyridine rings is 1. The average Bonchev–Trinajstić information content (AvgIpc) is 2.93. The number of rotatable bonds is 4. The molecule has 0 fully saturated rings. The number of fused-ring (bicyclic) bond motifs is 2. The fraction of sp³-hybridized carbons (Fsp3) is 0.0741. The summed E-state index contributed by atoms with van der Waals surface area (Å²) in [5, 5.41) is 3.34. The van der Waals surface area contributed by atoms with E-state index in [0.717, 1.165) is 11.3 Å². The molecule has 35 heavy (non-hydrogen) atoms. The normalized spacial score (nSPS) is 14.6. The number of nitrogens with one attached hydrogen (secondary N) is 1. The summed E-state index contributed by atoms with van der Waals surface area (Å²) in [5.74, 6) is -0.257. The van der Waals surface area contributed by atoms with Gasteiger partial charge in [0.2, 0.25) is 0 Å². The van der Waals surface area contributed by atoms with Crippen LogP contribution in [-0.4, -0.2) is 21.0 Å². The van der Waals surface area contributed by atoms with Gasteiger partial charge in [-0.3, -0.25) is 9.59 Å². The van der Waals surface area contributed by atoms with Gasteiger partial charge in [0.05, 0.1) is 38.4 Å². The largest absolute Gasteiger partial charge is 0.307 e. The summed E-state index contributed by atoms with van der Waals surface area (Å²) in [5.41, 5.74) is 2.67. The third kappa shape index (κ3) is 4.60. The Hall–Kier alpha value is -3.81. The number of aromatic nitrogens is 1. The van der Waals surface area contributed by atoms with Crippen LogP contribution in [0, 0.1) is 6.92 Å². The van der Waals surface area contributed by atoms with E-state index in [1.54, 1.807) is 71.6 Å². The van der Waals surface area contributed by atoms with Crippen LogP contribution in [-0.2, 0) is 17.3 Å². The zero-order valence-corrected chi connectivity index (χ0v) is 20.3. The van der Waals surface area contributed by atoms with Crippen molar-refractivity contribution in [1.29, 1.82) is 0 Å². The molecule has 4 aromatic rings. The van der Waals surface area contributed by atoms with Crippen LogP contribution in [0.15, 0.2) is 94.7 Å². The fourth-order valence-corrected chi connectivity index (χ4v) is 5.54. The van der Waals surface area contributed by atoms with Crippen LogP contribution in [0.25, 0.3) is 0 Å². The van der Waals surface area contributed by atoms with E-state index in [4.69, 9.17) is 11.6 Å². The number of carbonyl (C=O) groups excluding carboxylic acids is 2. The topological polar surface area (TPSA) is 79.4 Å². The number of nitrogens with zero attached hydrogens (tertiary/aromatic N) is 2. The van der Waals surface area contributed by atoms with E-state index in [9.17, 15) is 13.8 Å². The monoisotopic (exact) mass is 501 g/mol. The van der Waals surface area contributed by atoms with Crippen molar-refractivity contribution in [2.75, 3.05) is 10.2 Å². The number of aryl methyl sites for hydroxylation is 1. The minimum Gasteiger partial charge on any atom is -0.307 e. The third-order valence-corrected chi connectivity index (χ3v) is 7.37. The number of hydrogen-bond donors (Lipinski definition) is 1. The Balaban J connectivity index is 1.60. The maximum absolute atomic E-state index is 13.7. The van der Waals surface area contributed by atoms with Crippen LogP contribution in [0.4, 0.5) is 11.5 Å².